The first-order valence-electron chi connectivity index (χ1n) is 11.6. The molecule has 9 heteroatoms. The first-order chi connectivity index (χ1) is 17.0. The van der Waals surface area contributed by atoms with Crippen molar-refractivity contribution in [2.45, 2.75) is 38.6 Å². The van der Waals surface area contributed by atoms with Crippen LogP contribution in [0.5, 0.6) is 0 Å². The fraction of sp³-hybridized carbons (Fsp3) is 0.308. The molecule has 1 aliphatic rings. The summed E-state index contributed by atoms with van der Waals surface area (Å²) in [5, 5.41) is 3.39. The van der Waals surface area contributed by atoms with Crippen molar-refractivity contribution in [3.8, 4) is 11.3 Å². The largest absolute Gasteiger partial charge is 0.404 e. The molecule has 4 rings (SSSR count). The number of hydrogen-bond donors (Lipinski definition) is 2. The van der Waals surface area contributed by atoms with Crippen LogP contribution in [0.3, 0.4) is 0 Å². The molecule has 35 heavy (non-hydrogen) atoms. The number of aromatic nitrogens is 4. The van der Waals surface area contributed by atoms with Crippen molar-refractivity contribution in [3.63, 3.8) is 0 Å². The summed E-state index contributed by atoms with van der Waals surface area (Å²) in [7, 11) is 1.69. The maximum Gasteiger partial charge on any atom is 0.219 e. The van der Waals surface area contributed by atoms with E-state index in [2.05, 4.69) is 27.2 Å². The van der Waals surface area contributed by atoms with Crippen LogP contribution in [0, 0.1) is 0 Å². The third-order valence-corrected chi connectivity index (χ3v) is 6.13. The number of amides is 1. The van der Waals surface area contributed by atoms with E-state index in [-0.39, 0.29) is 17.9 Å². The molecule has 9 nitrogen and oxygen atoms in total. The number of nitrogens with two attached hydrogens (primary N) is 1. The van der Waals surface area contributed by atoms with Gasteiger partial charge in [0, 0.05) is 86.4 Å². The van der Waals surface area contributed by atoms with Crippen molar-refractivity contribution < 1.29 is 4.79 Å². The normalized spacial score (nSPS) is 18.6. The minimum atomic E-state index is 0.0489. The lowest BCUT2D eigenvalue weighted by atomic mass is 9.92. The van der Waals surface area contributed by atoms with Crippen molar-refractivity contribution in [2.75, 3.05) is 18.9 Å². The second kappa shape index (κ2) is 10.9. The Balaban J connectivity index is 1.70. The van der Waals surface area contributed by atoms with Crippen molar-refractivity contribution >= 4 is 29.2 Å². The SMILES string of the molecule is CN=CC(=CN)c1cc(Nc2cc(-c3cccnc3)nc([C@@H]3CC[C@H](C)N(C(C)=O)C3)n2)ccn1. The summed E-state index contributed by atoms with van der Waals surface area (Å²) in [6, 6.07) is 9.74. The van der Waals surface area contributed by atoms with Gasteiger partial charge in [-0.3, -0.25) is 19.8 Å². The first-order valence-corrected chi connectivity index (χ1v) is 11.6. The molecule has 0 radical (unpaired) electrons. The van der Waals surface area contributed by atoms with E-state index in [9.17, 15) is 4.79 Å². The number of likely N-dealkylation sites (tertiary alicyclic amines) is 1. The van der Waals surface area contributed by atoms with Gasteiger partial charge in [-0.25, -0.2) is 9.97 Å². The van der Waals surface area contributed by atoms with Crippen LogP contribution in [0.15, 0.2) is 60.1 Å². The van der Waals surface area contributed by atoms with Crippen LogP contribution < -0.4 is 11.1 Å². The molecule has 1 fully saturated rings. The minimum Gasteiger partial charge on any atom is -0.404 e. The summed E-state index contributed by atoms with van der Waals surface area (Å²) < 4.78 is 0. The third kappa shape index (κ3) is 5.68. The number of nitrogens with one attached hydrogen (secondary N) is 1. The molecule has 3 aromatic heterocycles. The number of hydrogen-bond acceptors (Lipinski definition) is 8. The third-order valence-electron chi connectivity index (χ3n) is 6.13. The van der Waals surface area contributed by atoms with Crippen molar-refractivity contribution in [1.82, 2.24) is 24.8 Å². The zero-order valence-electron chi connectivity index (χ0n) is 20.2. The Kier molecular flexibility index (Phi) is 7.45. The lowest BCUT2D eigenvalue weighted by Crippen LogP contribution is -2.44. The molecule has 2 atom stereocenters. The number of nitrogens with zero attached hydrogens (tertiary/aromatic N) is 6. The van der Waals surface area contributed by atoms with Crippen LogP contribution in [-0.2, 0) is 4.79 Å². The summed E-state index contributed by atoms with van der Waals surface area (Å²) in [6.45, 7) is 4.31. The van der Waals surface area contributed by atoms with Gasteiger partial charge in [0.15, 0.2) is 0 Å². The topological polar surface area (TPSA) is 122 Å². The molecule has 0 unspecified atom stereocenters. The Morgan fingerprint density at radius 1 is 1.23 bits per heavy atom. The molecule has 3 aromatic rings. The van der Waals surface area contributed by atoms with Gasteiger partial charge in [0.05, 0.1) is 11.4 Å². The lowest BCUT2D eigenvalue weighted by molar-refractivity contribution is -0.132. The molecule has 0 aliphatic carbocycles. The summed E-state index contributed by atoms with van der Waals surface area (Å²) in [4.78, 5) is 36.5. The molecular formula is C26H30N8O. The van der Waals surface area contributed by atoms with Gasteiger partial charge in [0.2, 0.25) is 5.91 Å². The van der Waals surface area contributed by atoms with Crippen molar-refractivity contribution in [1.29, 1.82) is 0 Å². The van der Waals surface area contributed by atoms with Gasteiger partial charge in [-0.1, -0.05) is 0 Å². The number of rotatable bonds is 6. The maximum atomic E-state index is 12.2. The molecule has 0 aromatic carbocycles. The predicted molar refractivity (Wildman–Crippen MR) is 138 cm³/mol. The van der Waals surface area contributed by atoms with Crippen LogP contribution in [0.1, 0.15) is 44.1 Å². The Hall–Kier alpha value is -4.14. The van der Waals surface area contributed by atoms with E-state index in [4.69, 9.17) is 15.7 Å². The number of pyridine rings is 2. The Morgan fingerprint density at radius 2 is 2.09 bits per heavy atom. The van der Waals surface area contributed by atoms with E-state index in [0.29, 0.717) is 23.9 Å². The van der Waals surface area contributed by atoms with Crippen molar-refractivity contribution in [2.24, 2.45) is 10.7 Å². The molecule has 1 aliphatic heterocycles. The van der Waals surface area contributed by atoms with Gasteiger partial charge in [0.1, 0.15) is 11.6 Å². The van der Waals surface area contributed by atoms with Gasteiger partial charge in [-0.05, 0) is 44.0 Å². The average molecular weight is 471 g/mol. The fourth-order valence-corrected chi connectivity index (χ4v) is 4.28. The zero-order valence-corrected chi connectivity index (χ0v) is 20.2. The van der Waals surface area contributed by atoms with Gasteiger partial charge in [-0.15, -0.1) is 0 Å². The van der Waals surface area contributed by atoms with E-state index >= 15 is 0 Å². The molecule has 0 saturated carbocycles. The van der Waals surface area contributed by atoms with Gasteiger partial charge in [-0.2, -0.15) is 0 Å². The van der Waals surface area contributed by atoms with E-state index in [0.717, 1.165) is 35.4 Å². The number of carbonyl (C=O) groups excluding carboxylic acids is 1. The number of anilines is 2. The van der Waals surface area contributed by atoms with E-state index in [1.54, 1.807) is 38.8 Å². The smallest absolute Gasteiger partial charge is 0.219 e. The van der Waals surface area contributed by atoms with Crippen LogP contribution in [0.2, 0.25) is 0 Å². The summed E-state index contributed by atoms with van der Waals surface area (Å²) in [5.74, 6) is 1.49. The van der Waals surface area contributed by atoms with E-state index in [1.165, 1.54) is 6.20 Å². The molecule has 0 bridgehead atoms. The highest BCUT2D eigenvalue weighted by atomic mass is 16.2. The second-order valence-electron chi connectivity index (χ2n) is 8.60. The lowest BCUT2D eigenvalue weighted by Gasteiger charge is -2.37. The number of carbonyl (C=O) groups is 1. The number of aliphatic imine (C=N–C) groups is 1. The predicted octanol–water partition coefficient (Wildman–Crippen LogP) is 3.79. The Labute approximate surface area is 205 Å². The van der Waals surface area contributed by atoms with Crippen LogP contribution in [-0.4, -0.2) is 56.6 Å². The molecule has 3 N–H and O–H groups in total. The highest BCUT2D eigenvalue weighted by Crippen LogP contribution is 2.31. The summed E-state index contributed by atoms with van der Waals surface area (Å²) in [5.41, 5.74) is 9.65. The van der Waals surface area contributed by atoms with Crippen molar-refractivity contribution in [3.05, 3.63) is 66.6 Å². The molecule has 180 valence electrons. The monoisotopic (exact) mass is 470 g/mol. The van der Waals surface area contributed by atoms with Crippen LogP contribution in [0.25, 0.3) is 16.8 Å². The summed E-state index contributed by atoms with van der Waals surface area (Å²) >= 11 is 0. The highest BCUT2D eigenvalue weighted by molar-refractivity contribution is 6.09. The maximum absolute atomic E-state index is 12.2. The Morgan fingerprint density at radius 3 is 2.80 bits per heavy atom. The quantitative estimate of drug-likeness (QED) is 0.526. The van der Waals surface area contributed by atoms with Gasteiger partial charge < -0.3 is 16.0 Å². The number of allylic oxidation sites excluding steroid dienone is 1. The van der Waals surface area contributed by atoms with Crippen LogP contribution >= 0.6 is 0 Å². The minimum absolute atomic E-state index is 0.0489. The number of piperidine rings is 1. The van der Waals surface area contributed by atoms with Crippen LogP contribution in [0.4, 0.5) is 11.5 Å². The summed E-state index contributed by atoms with van der Waals surface area (Å²) in [6.07, 6.45) is 10.2. The standard InChI is InChI=1S/C26H30N8O/c1-17-6-7-20(16-34(17)18(2)35)26-32-24(19-5-4-9-29-15-19)12-25(33-26)31-22-8-10-30-23(11-22)21(13-27)14-28-3/h4-5,8-15,17,20H,6-7,16,27H2,1-3H3,(H,30,31,32,33)/t17-,20+/m0/s1. The van der Waals surface area contributed by atoms with Gasteiger partial charge >= 0.3 is 0 Å². The first kappa shape index (κ1) is 24.0. The molecule has 4 heterocycles. The molecule has 1 saturated heterocycles. The Bertz CT molecular complexity index is 1240. The second-order valence-corrected chi connectivity index (χ2v) is 8.60. The van der Waals surface area contributed by atoms with E-state index < -0.39 is 0 Å². The highest BCUT2D eigenvalue weighted by Gasteiger charge is 2.30. The molecular weight excluding hydrogens is 440 g/mol. The molecule has 0 spiro atoms. The zero-order chi connectivity index (χ0) is 24.8. The fourth-order valence-electron chi connectivity index (χ4n) is 4.28. The average Bonchev–Trinajstić information content (AvgIpc) is 2.88. The molecule has 1 amide bonds. The van der Waals surface area contributed by atoms with Gasteiger partial charge in [0.25, 0.3) is 0 Å². The van der Waals surface area contributed by atoms with E-state index in [1.807, 2.05) is 35.2 Å².